The van der Waals surface area contributed by atoms with E-state index in [1.165, 1.54) is 18.2 Å². The van der Waals surface area contributed by atoms with Crippen LogP contribution in [0.4, 0.5) is 45.5 Å². The fourth-order valence-electron chi connectivity index (χ4n) is 4.27. The van der Waals surface area contributed by atoms with Gasteiger partial charge in [0.25, 0.3) is 10.1 Å². The number of hydrogen-bond acceptors (Lipinski definition) is 20. The largest absolute Gasteiger partial charge is 0.478 e. The number of sulfone groups is 1. The molecule has 0 fully saturated rings. The van der Waals surface area contributed by atoms with Gasteiger partial charge in [0, 0.05) is 11.4 Å². The Morgan fingerprint density at radius 2 is 1.30 bits per heavy atom. The van der Waals surface area contributed by atoms with Gasteiger partial charge in [0.15, 0.2) is 9.84 Å². The second-order valence-corrected chi connectivity index (χ2v) is 16.3. The van der Waals surface area contributed by atoms with E-state index in [2.05, 4.69) is 34.9 Å². The Labute approximate surface area is 323 Å². The zero-order valence-corrected chi connectivity index (χ0v) is 31.9. The molecule has 4 rings (SSSR count). The van der Waals surface area contributed by atoms with E-state index in [0.29, 0.717) is 17.7 Å². The summed E-state index contributed by atoms with van der Waals surface area (Å²) in [7, 11) is -13.9. The number of nitrogens with two attached hydrogens (primary N) is 3. The Morgan fingerprint density at radius 3 is 1.84 bits per heavy atom. The van der Waals surface area contributed by atoms with Crippen molar-refractivity contribution in [3.05, 3.63) is 77.9 Å². The second kappa shape index (κ2) is 18.6. The highest BCUT2D eigenvalue weighted by molar-refractivity contribution is 7.94. The average molecular weight is 854 g/mol. The lowest BCUT2D eigenvalue weighted by Crippen LogP contribution is -2.15. The molecule has 4 aromatic carbocycles. The molecule has 0 aliphatic carbocycles. The van der Waals surface area contributed by atoms with Gasteiger partial charge in [0.2, 0.25) is 0 Å². The van der Waals surface area contributed by atoms with Crippen molar-refractivity contribution >= 4 is 93.9 Å². The fraction of sp³-hybridized carbons (Fsp3) is 0.167. The van der Waals surface area contributed by atoms with Crippen LogP contribution in [-0.2, 0) is 43.8 Å². The molecule has 4 aromatic rings. The normalized spacial score (nSPS) is 12.6. The molecule has 0 saturated carbocycles. The lowest BCUT2D eigenvalue weighted by Gasteiger charge is -2.13. The molecule has 0 spiro atoms. The lowest BCUT2D eigenvalue weighted by molar-refractivity contribution is -0.187. The number of rotatable bonds is 18. The number of nitrogen functional groups attached to an aromatic ring is 2. The zero-order valence-electron chi connectivity index (χ0n) is 28.7. The maximum atomic E-state index is 12.7. The van der Waals surface area contributed by atoms with Gasteiger partial charge < -0.3 is 22.3 Å². The van der Waals surface area contributed by atoms with Gasteiger partial charge in [-0.2, -0.15) is 31.4 Å². The lowest BCUT2D eigenvalue weighted by atomic mass is 10.1. The van der Waals surface area contributed by atoms with Gasteiger partial charge in [-0.3, -0.25) is 9.11 Å². The van der Waals surface area contributed by atoms with Crippen LogP contribution in [0, 0.1) is 6.92 Å². The van der Waals surface area contributed by atoms with Gasteiger partial charge in [0.05, 0.1) is 58.7 Å². The summed E-state index contributed by atoms with van der Waals surface area (Å²) in [5, 5.41) is 34.3. The maximum Gasteiger partial charge on any atom is 0.397 e. The molecular formula is C30H31N9O13S4. The number of benzene rings is 4. The molecule has 0 aromatic heterocycles. The molecule has 0 saturated heterocycles. The van der Waals surface area contributed by atoms with E-state index in [1.54, 1.807) is 24.3 Å². The molecule has 9 N–H and O–H groups in total. The Morgan fingerprint density at radius 1 is 0.750 bits per heavy atom. The van der Waals surface area contributed by atoms with Crippen molar-refractivity contribution in [1.82, 2.24) is 0 Å². The van der Waals surface area contributed by atoms with Gasteiger partial charge >= 0.3 is 16.4 Å². The molecule has 56 heavy (non-hydrogen) atoms. The summed E-state index contributed by atoms with van der Waals surface area (Å²) in [5.41, 5.74) is 15.6. The predicted octanol–water partition coefficient (Wildman–Crippen LogP) is 5.86. The van der Waals surface area contributed by atoms with Crippen LogP contribution in [0.3, 0.4) is 0 Å². The minimum Gasteiger partial charge on any atom is -0.478 e. The van der Waals surface area contributed by atoms with Crippen molar-refractivity contribution in [1.29, 1.82) is 0 Å². The summed E-state index contributed by atoms with van der Waals surface area (Å²) in [4.78, 5) is 16.6. The molecule has 26 heteroatoms. The standard InChI is InChI=1S/C30H31N9O13S4/c1-17-2-4-18(5-3-17)34-37-27-24(30(40)41)28(38-36-22-11-8-20(53-52-50-13-12-31)16-23(22)55(44,45)46)26(33)29(25(27)32)39-35-19-6-9-21(10-7-19)54(42,43)15-14-51-56(47,48)49/h2-11,16H,12-15,31-33H2,1H3,(H,40,41)(H,44,45,46)(H,47,48,49)/b37-34?,38-36?,39-35-. The quantitative estimate of drug-likeness (QED) is 0.0130. The number of aromatic carboxylic acids is 1. The highest BCUT2D eigenvalue weighted by Gasteiger charge is 2.27. The van der Waals surface area contributed by atoms with Crippen molar-refractivity contribution in [2.24, 2.45) is 36.4 Å². The smallest absolute Gasteiger partial charge is 0.397 e. The molecule has 22 nitrogen and oxygen atoms in total. The number of carboxylic acid groups (broad SMARTS) is 1. The first-order chi connectivity index (χ1) is 26.3. The Bertz CT molecular complexity index is 2520. The number of azo groups is 3. The third kappa shape index (κ3) is 11.9. The van der Waals surface area contributed by atoms with Crippen LogP contribution in [0.1, 0.15) is 15.9 Å². The highest BCUT2D eigenvalue weighted by Crippen LogP contribution is 2.49. The van der Waals surface area contributed by atoms with Crippen LogP contribution in [0.2, 0.25) is 0 Å². The van der Waals surface area contributed by atoms with E-state index >= 15 is 0 Å². The van der Waals surface area contributed by atoms with Crippen molar-refractivity contribution in [3.63, 3.8) is 0 Å². The molecule has 298 valence electrons. The average Bonchev–Trinajstić information content (AvgIpc) is 3.12. The number of hydrogen-bond donors (Lipinski definition) is 6. The number of carboxylic acids is 1. The maximum absolute atomic E-state index is 12.7. The van der Waals surface area contributed by atoms with E-state index < -0.39 is 93.3 Å². The molecular weight excluding hydrogens is 823 g/mol. The summed E-state index contributed by atoms with van der Waals surface area (Å²) in [6.45, 7) is 1.15. The monoisotopic (exact) mass is 853 g/mol. The van der Waals surface area contributed by atoms with E-state index in [0.717, 1.165) is 29.8 Å². The summed E-state index contributed by atoms with van der Waals surface area (Å²) in [6, 6.07) is 14.7. The van der Waals surface area contributed by atoms with Gasteiger partial charge in [-0.05, 0) is 61.5 Å². The molecule has 0 aliphatic heterocycles. The molecule has 0 heterocycles. The number of anilines is 2. The number of carbonyl (C=O) groups is 1. The Hall–Kier alpha value is -5.29. The first kappa shape index (κ1) is 43.4. The summed E-state index contributed by atoms with van der Waals surface area (Å²) >= 11 is 0.596. The van der Waals surface area contributed by atoms with Gasteiger partial charge in [-0.25, -0.2) is 22.3 Å². The van der Waals surface area contributed by atoms with Gasteiger partial charge in [0.1, 0.15) is 33.2 Å². The predicted molar refractivity (Wildman–Crippen MR) is 200 cm³/mol. The van der Waals surface area contributed by atoms with E-state index in [9.17, 15) is 39.7 Å². The zero-order chi connectivity index (χ0) is 41.3. The van der Waals surface area contributed by atoms with Gasteiger partial charge in [-0.15, -0.1) is 20.5 Å². The molecule has 0 aliphatic rings. The van der Waals surface area contributed by atoms with Crippen LogP contribution >= 0.6 is 12.0 Å². The van der Waals surface area contributed by atoms with E-state index in [4.69, 9.17) is 31.0 Å². The van der Waals surface area contributed by atoms with Crippen LogP contribution in [0.15, 0.2) is 112 Å². The highest BCUT2D eigenvalue weighted by atomic mass is 32.3. The molecule has 0 amide bonds. The fourth-order valence-corrected chi connectivity index (χ4v) is 6.96. The van der Waals surface area contributed by atoms with Gasteiger partial charge in [-0.1, -0.05) is 17.7 Å². The van der Waals surface area contributed by atoms with Crippen molar-refractivity contribution in [3.8, 4) is 0 Å². The van der Waals surface area contributed by atoms with Crippen molar-refractivity contribution in [2.45, 2.75) is 21.6 Å². The SMILES string of the molecule is Cc1ccc(N=Nc2c(N)c(/N=N\c3ccc(S(=O)(=O)CCOS(=O)(=O)O)cc3)c(N)c(N=Nc3ccc(SOOCCN)cc3S(=O)(=O)O)c2C(=O)O)cc1. The molecule has 0 bridgehead atoms. The van der Waals surface area contributed by atoms with Crippen LogP contribution < -0.4 is 17.2 Å². The first-order valence-electron chi connectivity index (χ1n) is 15.3. The minimum absolute atomic E-state index is 0.0263. The molecule has 0 unspecified atom stereocenters. The summed E-state index contributed by atoms with van der Waals surface area (Å²) in [6.07, 6.45) is 0. The van der Waals surface area contributed by atoms with Crippen molar-refractivity contribution < 1.29 is 57.7 Å². The third-order valence-electron chi connectivity index (χ3n) is 6.90. The minimum atomic E-state index is -4.96. The molecule has 0 atom stereocenters. The number of nitrogens with zero attached hydrogens (tertiary/aromatic N) is 6. The molecule has 0 radical (unpaired) electrons. The second-order valence-electron chi connectivity index (χ2n) is 10.9. The van der Waals surface area contributed by atoms with E-state index in [1.807, 2.05) is 6.92 Å². The summed E-state index contributed by atoms with van der Waals surface area (Å²) < 4.78 is 98.8. The van der Waals surface area contributed by atoms with E-state index in [-0.39, 0.29) is 28.6 Å². The first-order valence-corrected chi connectivity index (χ1v) is 20.5. The topological polar surface area (TPSA) is 360 Å². The van der Waals surface area contributed by atoms with Crippen LogP contribution in [0.5, 0.6) is 0 Å². The third-order valence-corrected chi connectivity index (χ3v) is 10.6. The van der Waals surface area contributed by atoms with Crippen LogP contribution in [-0.4, -0.2) is 70.9 Å². The number of aryl methyl sites for hydroxylation is 1. The Kier molecular flexibility index (Phi) is 14.4. The summed E-state index contributed by atoms with van der Waals surface area (Å²) in [5.74, 6) is -2.45. The van der Waals surface area contributed by atoms with Crippen LogP contribution in [0.25, 0.3) is 0 Å². The Balaban J connectivity index is 1.82. The van der Waals surface area contributed by atoms with Crippen molar-refractivity contribution in [2.75, 3.05) is 37.0 Å².